The third-order valence-electron chi connectivity index (χ3n) is 5.27. The molecule has 30 heavy (non-hydrogen) atoms. The van der Waals surface area contributed by atoms with Crippen LogP contribution < -0.4 is 16.4 Å². The summed E-state index contributed by atoms with van der Waals surface area (Å²) in [6.07, 6.45) is 3.15. The number of nitrogens with zero attached hydrogens (tertiary/aromatic N) is 2. The summed E-state index contributed by atoms with van der Waals surface area (Å²) in [5.74, 6) is -0.438. The number of halogens is 2. The van der Waals surface area contributed by atoms with Gasteiger partial charge in [-0.15, -0.1) is 0 Å². The number of hydrogen-bond donors (Lipinski definition) is 3. The molecule has 3 aromatic rings. The average Bonchev–Trinajstić information content (AvgIpc) is 3.15. The van der Waals surface area contributed by atoms with Gasteiger partial charge in [0.05, 0.1) is 11.9 Å². The second kappa shape index (κ2) is 8.49. The monoisotopic (exact) mass is 469 g/mol. The number of carbonyl (C=O) groups excluding carboxylic acids is 1. The van der Waals surface area contributed by atoms with E-state index in [-0.39, 0.29) is 29.3 Å². The molecule has 0 radical (unpaired) electrons. The first-order chi connectivity index (χ1) is 14.5. The zero-order chi connectivity index (χ0) is 21.3. The molecule has 4 rings (SSSR count). The number of benzene rings is 2. The Morgan fingerprint density at radius 3 is 2.97 bits per heavy atom. The van der Waals surface area contributed by atoms with E-state index in [2.05, 4.69) is 36.5 Å². The van der Waals surface area contributed by atoms with Gasteiger partial charge in [-0.25, -0.2) is 14.4 Å². The minimum absolute atomic E-state index is 0.0919. The lowest BCUT2D eigenvalue weighted by Gasteiger charge is -2.15. The standard InChI is InChI=1S/C22H21BrFN5O/c1-26-22(30)20-21(25)28-11-19(29-20)13-4-2-3-12(7-13)10-27-18-6-5-15-16(18)8-14(23)9-17(15)24/h2-4,7-9,11,18,27H,5-6,10H2,1H3,(H2,25,28)(H,26,30). The molecule has 0 aliphatic heterocycles. The predicted molar refractivity (Wildman–Crippen MR) is 117 cm³/mol. The lowest BCUT2D eigenvalue weighted by Crippen LogP contribution is -2.21. The number of aromatic nitrogens is 2. The van der Waals surface area contributed by atoms with Crippen LogP contribution in [0.25, 0.3) is 11.3 Å². The van der Waals surface area contributed by atoms with E-state index in [0.717, 1.165) is 39.6 Å². The molecule has 1 atom stereocenters. The summed E-state index contributed by atoms with van der Waals surface area (Å²) in [4.78, 5) is 20.4. The van der Waals surface area contributed by atoms with Crippen LogP contribution in [-0.2, 0) is 13.0 Å². The smallest absolute Gasteiger partial charge is 0.273 e. The fourth-order valence-corrected chi connectivity index (χ4v) is 4.21. The summed E-state index contributed by atoms with van der Waals surface area (Å²) in [5, 5.41) is 6.05. The van der Waals surface area contributed by atoms with Gasteiger partial charge in [-0.2, -0.15) is 0 Å². The molecule has 0 saturated heterocycles. The highest BCUT2D eigenvalue weighted by atomic mass is 79.9. The lowest BCUT2D eigenvalue weighted by molar-refractivity contribution is 0.0959. The van der Waals surface area contributed by atoms with Crippen molar-refractivity contribution in [2.75, 3.05) is 12.8 Å². The number of hydrogen-bond acceptors (Lipinski definition) is 5. The van der Waals surface area contributed by atoms with Crippen molar-refractivity contribution in [3.05, 3.63) is 75.3 Å². The SMILES string of the molecule is CNC(=O)c1nc(-c2cccc(CNC3CCc4c(F)cc(Br)cc43)c2)cnc1N. The van der Waals surface area contributed by atoms with Gasteiger partial charge >= 0.3 is 0 Å². The zero-order valence-corrected chi connectivity index (χ0v) is 18.0. The largest absolute Gasteiger partial charge is 0.382 e. The Kier molecular flexibility index (Phi) is 5.78. The molecular weight excluding hydrogens is 449 g/mol. The van der Waals surface area contributed by atoms with E-state index in [9.17, 15) is 9.18 Å². The second-order valence-electron chi connectivity index (χ2n) is 7.20. The Morgan fingerprint density at radius 1 is 1.33 bits per heavy atom. The molecule has 2 aromatic carbocycles. The predicted octanol–water partition coefficient (Wildman–Crippen LogP) is 3.76. The van der Waals surface area contributed by atoms with Gasteiger partial charge in [0.15, 0.2) is 11.5 Å². The first kappa shape index (κ1) is 20.4. The molecule has 1 heterocycles. The molecule has 1 unspecified atom stereocenters. The van der Waals surface area contributed by atoms with Crippen LogP contribution in [0.1, 0.15) is 39.6 Å². The van der Waals surface area contributed by atoms with Crippen LogP contribution in [0.2, 0.25) is 0 Å². The molecule has 1 amide bonds. The second-order valence-corrected chi connectivity index (χ2v) is 8.11. The van der Waals surface area contributed by atoms with Crippen molar-refractivity contribution in [3.63, 3.8) is 0 Å². The molecule has 1 aromatic heterocycles. The van der Waals surface area contributed by atoms with Crippen LogP contribution in [0.4, 0.5) is 10.2 Å². The minimum Gasteiger partial charge on any atom is -0.382 e. The molecule has 8 heteroatoms. The molecule has 0 spiro atoms. The van der Waals surface area contributed by atoms with Crippen molar-refractivity contribution in [1.82, 2.24) is 20.6 Å². The number of carbonyl (C=O) groups is 1. The Bertz CT molecular complexity index is 1120. The molecule has 0 bridgehead atoms. The molecule has 6 nitrogen and oxygen atoms in total. The van der Waals surface area contributed by atoms with Gasteiger partial charge in [-0.3, -0.25) is 4.79 Å². The number of fused-ring (bicyclic) bond motifs is 1. The van der Waals surface area contributed by atoms with E-state index in [1.165, 1.54) is 13.1 Å². The Balaban J connectivity index is 1.53. The summed E-state index contributed by atoms with van der Waals surface area (Å²) in [6.45, 7) is 0.622. The highest BCUT2D eigenvalue weighted by molar-refractivity contribution is 9.10. The van der Waals surface area contributed by atoms with E-state index in [1.807, 2.05) is 30.3 Å². The van der Waals surface area contributed by atoms with Crippen molar-refractivity contribution in [2.24, 2.45) is 0 Å². The minimum atomic E-state index is -0.377. The van der Waals surface area contributed by atoms with Crippen LogP contribution in [0.5, 0.6) is 0 Å². The van der Waals surface area contributed by atoms with Crippen molar-refractivity contribution in [2.45, 2.75) is 25.4 Å². The Morgan fingerprint density at radius 2 is 2.17 bits per heavy atom. The van der Waals surface area contributed by atoms with Gasteiger partial charge in [-0.1, -0.05) is 34.1 Å². The molecule has 0 saturated carbocycles. The van der Waals surface area contributed by atoms with Crippen LogP contribution in [0, 0.1) is 5.82 Å². The fourth-order valence-electron chi connectivity index (χ4n) is 3.76. The number of nitrogens with one attached hydrogen (secondary N) is 2. The van der Waals surface area contributed by atoms with Gasteiger partial charge in [-0.05, 0) is 47.7 Å². The number of amides is 1. The molecular formula is C22H21BrFN5O. The van der Waals surface area contributed by atoms with Gasteiger partial charge in [0.2, 0.25) is 0 Å². The van der Waals surface area contributed by atoms with Crippen molar-refractivity contribution >= 4 is 27.7 Å². The highest BCUT2D eigenvalue weighted by Gasteiger charge is 2.25. The average molecular weight is 470 g/mol. The zero-order valence-electron chi connectivity index (χ0n) is 16.4. The molecule has 4 N–H and O–H groups in total. The van der Waals surface area contributed by atoms with Crippen LogP contribution in [0.3, 0.4) is 0 Å². The van der Waals surface area contributed by atoms with Gasteiger partial charge < -0.3 is 16.4 Å². The number of nitrogens with two attached hydrogens (primary N) is 1. The maximum atomic E-state index is 14.2. The molecule has 1 aliphatic carbocycles. The lowest BCUT2D eigenvalue weighted by atomic mass is 10.1. The Hall–Kier alpha value is -2.84. The van der Waals surface area contributed by atoms with Crippen molar-refractivity contribution < 1.29 is 9.18 Å². The van der Waals surface area contributed by atoms with E-state index in [1.54, 1.807) is 6.20 Å². The van der Waals surface area contributed by atoms with E-state index < -0.39 is 0 Å². The third-order valence-corrected chi connectivity index (χ3v) is 5.73. The summed E-state index contributed by atoms with van der Waals surface area (Å²) < 4.78 is 14.9. The summed E-state index contributed by atoms with van der Waals surface area (Å²) >= 11 is 3.38. The number of rotatable bonds is 5. The third kappa shape index (κ3) is 4.06. The summed E-state index contributed by atoms with van der Waals surface area (Å²) in [7, 11) is 1.52. The maximum Gasteiger partial charge on any atom is 0.273 e. The van der Waals surface area contributed by atoms with Crippen molar-refractivity contribution in [1.29, 1.82) is 0 Å². The quantitative estimate of drug-likeness (QED) is 0.528. The highest BCUT2D eigenvalue weighted by Crippen LogP contribution is 2.35. The summed E-state index contributed by atoms with van der Waals surface area (Å²) in [5.41, 5.74) is 10.2. The Labute approximate surface area is 182 Å². The van der Waals surface area contributed by atoms with Gasteiger partial charge in [0.25, 0.3) is 5.91 Å². The first-order valence-corrected chi connectivity index (χ1v) is 10.4. The van der Waals surface area contributed by atoms with Crippen molar-refractivity contribution in [3.8, 4) is 11.3 Å². The first-order valence-electron chi connectivity index (χ1n) is 9.61. The van der Waals surface area contributed by atoms with Crippen LogP contribution in [0.15, 0.2) is 47.1 Å². The van der Waals surface area contributed by atoms with E-state index in [0.29, 0.717) is 12.2 Å². The number of nitrogen functional groups attached to an aromatic ring is 1. The van der Waals surface area contributed by atoms with Gasteiger partial charge in [0.1, 0.15) is 5.82 Å². The van der Waals surface area contributed by atoms with E-state index >= 15 is 0 Å². The molecule has 154 valence electrons. The molecule has 0 fully saturated rings. The van der Waals surface area contributed by atoms with Gasteiger partial charge in [0, 0.05) is 29.7 Å². The maximum absolute atomic E-state index is 14.2. The fraction of sp³-hybridized carbons (Fsp3) is 0.227. The van der Waals surface area contributed by atoms with Crippen LogP contribution in [-0.4, -0.2) is 22.9 Å². The van der Waals surface area contributed by atoms with E-state index in [4.69, 9.17) is 5.73 Å². The topological polar surface area (TPSA) is 92.9 Å². The van der Waals surface area contributed by atoms with Crippen LogP contribution >= 0.6 is 15.9 Å². The molecule has 1 aliphatic rings. The normalized spacial score (nSPS) is 15.1. The number of anilines is 1. The summed E-state index contributed by atoms with van der Waals surface area (Å²) in [6, 6.07) is 11.5.